The summed E-state index contributed by atoms with van der Waals surface area (Å²) < 4.78 is 1.55. The van der Waals surface area contributed by atoms with E-state index in [1.165, 1.54) is 0 Å². The van der Waals surface area contributed by atoms with Gasteiger partial charge in [-0.25, -0.2) is 4.68 Å². The van der Waals surface area contributed by atoms with Crippen molar-refractivity contribution in [2.24, 2.45) is 0 Å². The molecule has 0 unspecified atom stereocenters. The van der Waals surface area contributed by atoms with Gasteiger partial charge in [-0.2, -0.15) is 5.10 Å². The molecule has 0 aliphatic rings. The molecule has 5 nitrogen and oxygen atoms in total. The van der Waals surface area contributed by atoms with Crippen molar-refractivity contribution in [1.82, 2.24) is 19.7 Å². The predicted octanol–water partition coefficient (Wildman–Crippen LogP) is 3.45. The van der Waals surface area contributed by atoms with E-state index < -0.39 is 0 Å². The van der Waals surface area contributed by atoms with Gasteiger partial charge in [-0.3, -0.25) is 14.8 Å². The number of halogens is 2. The van der Waals surface area contributed by atoms with Crippen LogP contribution in [0.1, 0.15) is 10.4 Å². The van der Waals surface area contributed by atoms with E-state index in [2.05, 4.69) is 15.1 Å². The molecule has 0 bridgehead atoms. The SMILES string of the molecule is O=Cc1cn(-c2ccc(Cl)c(Cl)c2)nc1-c1cnccn1. The van der Waals surface area contributed by atoms with E-state index in [1.807, 2.05) is 0 Å². The molecule has 3 aromatic rings. The molecule has 0 N–H and O–H groups in total. The Bertz CT molecular complexity index is 802. The Balaban J connectivity index is 2.11. The lowest BCUT2D eigenvalue weighted by molar-refractivity contribution is 0.112. The number of aromatic nitrogens is 4. The van der Waals surface area contributed by atoms with Crippen LogP contribution in [0.2, 0.25) is 10.0 Å². The van der Waals surface area contributed by atoms with Crippen molar-refractivity contribution < 1.29 is 4.79 Å². The molecule has 0 aliphatic carbocycles. The first kappa shape index (κ1) is 13.7. The van der Waals surface area contributed by atoms with Crippen LogP contribution >= 0.6 is 23.2 Å². The third-order valence-electron chi connectivity index (χ3n) is 2.84. The van der Waals surface area contributed by atoms with Crippen molar-refractivity contribution >= 4 is 29.5 Å². The highest BCUT2D eigenvalue weighted by molar-refractivity contribution is 6.42. The molecule has 0 fully saturated rings. The maximum atomic E-state index is 11.2. The predicted molar refractivity (Wildman–Crippen MR) is 80.0 cm³/mol. The summed E-state index contributed by atoms with van der Waals surface area (Å²) in [6, 6.07) is 5.10. The summed E-state index contributed by atoms with van der Waals surface area (Å²) in [6.07, 6.45) is 6.98. The van der Waals surface area contributed by atoms with Gasteiger partial charge in [-0.1, -0.05) is 23.2 Å². The fourth-order valence-corrected chi connectivity index (χ4v) is 2.15. The molecule has 104 valence electrons. The minimum absolute atomic E-state index is 0.415. The van der Waals surface area contributed by atoms with Crippen molar-refractivity contribution in [3.63, 3.8) is 0 Å². The van der Waals surface area contributed by atoms with Gasteiger partial charge in [0.2, 0.25) is 0 Å². The highest BCUT2D eigenvalue weighted by Crippen LogP contribution is 2.26. The Morgan fingerprint density at radius 2 is 2.00 bits per heavy atom. The normalized spacial score (nSPS) is 10.6. The first-order valence-corrected chi connectivity index (χ1v) is 6.71. The van der Waals surface area contributed by atoms with Crippen molar-refractivity contribution in [1.29, 1.82) is 0 Å². The second-order valence-corrected chi connectivity index (χ2v) is 5.00. The van der Waals surface area contributed by atoms with Gasteiger partial charge in [0.15, 0.2) is 6.29 Å². The highest BCUT2D eigenvalue weighted by atomic mass is 35.5. The van der Waals surface area contributed by atoms with Gasteiger partial charge in [0.1, 0.15) is 11.4 Å². The minimum atomic E-state index is 0.415. The second kappa shape index (κ2) is 5.63. The van der Waals surface area contributed by atoms with E-state index in [9.17, 15) is 4.79 Å². The van der Waals surface area contributed by atoms with Crippen LogP contribution in [0.3, 0.4) is 0 Å². The van der Waals surface area contributed by atoms with Gasteiger partial charge in [-0.15, -0.1) is 0 Å². The number of nitrogens with zero attached hydrogens (tertiary/aromatic N) is 4. The summed E-state index contributed by atoms with van der Waals surface area (Å²) in [7, 11) is 0. The summed E-state index contributed by atoms with van der Waals surface area (Å²) in [4.78, 5) is 19.3. The Morgan fingerprint density at radius 3 is 2.67 bits per heavy atom. The van der Waals surface area contributed by atoms with Gasteiger partial charge in [0.25, 0.3) is 0 Å². The van der Waals surface area contributed by atoms with Gasteiger partial charge < -0.3 is 0 Å². The van der Waals surface area contributed by atoms with Crippen LogP contribution in [-0.4, -0.2) is 26.0 Å². The molecule has 3 rings (SSSR count). The first-order chi connectivity index (χ1) is 10.2. The molecule has 0 spiro atoms. The van der Waals surface area contributed by atoms with E-state index >= 15 is 0 Å². The molecule has 0 atom stereocenters. The number of rotatable bonds is 3. The second-order valence-electron chi connectivity index (χ2n) is 4.18. The standard InChI is InChI=1S/C14H8Cl2N4O/c15-11-2-1-10(5-12(11)16)20-7-9(8-21)14(19-20)13-6-17-3-4-18-13/h1-8H. The van der Waals surface area contributed by atoms with Crippen molar-refractivity contribution in [3.05, 3.63) is 58.6 Å². The maximum Gasteiger partial charge on any atom is 0.153 e. The van der Waals surface area contributed by atoms with Crippen molar-refractivity contribution in [2.75, 3.05) is 0 Å². The Morgan fingerprint density at radius 1 is 1.14 bits per heavy atom. The minimum Gasteiger partial charge on any atom is -0.298 e. The molecule has 0 aliphatic heterocycles. The molecule has 1 aromatic carbocycles. The topological polar surface area (TPSA) is 60.7 Å². The lowest BCUT2D eigenvalue weighted by Gasteiger charge is -2.02. The average molecular weight is 319 g/mol. The van der Waals surface area contributed by atoms with E-state index in [1.54, 1.807) is 47.7 Å². The van der Waals surface area contributed by atoms with Gasteiger partial charge in [0, 0.05) is 18.6 Å². The number of hydrogen-bond donors (Lipinski definition) is 0. The quantitative estimate of drug-likeness (QED) is 0.694. The molecule has 7 heteroatoms. The number of aldehydes is 1. The fraction of sp³-hybridized carbons (Fsp3) is 0. The summed E-state index contributed by atoms with van der Waals surface area (Å²) >= 11 is 11.9. The molecular formula is C14H8Cl2N4O. The maximum absolute atomic E-state index is 11.2. The van der Waals surface area contributed by atoms with E-state index in [0.717, 1.165) is 6.29 Å². The van der Waals surface area contributed by atoms with Crippen LogP contribution in [-0.2, 0) is 0 Å². The Hall–Kier alpha value is -2.24. The molecule has 2 heterocycles. The number of carbonyl (C=O) groups is 1. The lowest BCUT2D eigenvalue weighted by Crippen LogP contribution is -1.95. The molecule has 0 amide bonds. The lowest BCUT2D eigenvalue weighted by atomic mass is 10.2. The number of benzene rings is 1. The zero-order chi connectivity index (χ0) is 14.8. The summed E-state index contributed by atoms with van der Waals surface area (Å²) in [5, 5.41) is 5.24. The smallest absolute Gasteiger partial charge is 0.153 e. The van der Waals surface area contributed by atoms with Crippen LogP contribution < -0.4 is 0 Å². The largest absolute Gasteiger partial charge is 0.298 e. The van der Waals surface area contributed by atoms with Gasteiger partial charge in [0.05, 0.1) is 27.5 Å². The number of hydrogen-bond acceptors (Lipinski definition) is 4. The molecule has 0 radical (unpaired) electrons. The van der Waals surface area contributed by atoms with Gasteiger partial charge in [-0.05, 0) is 18.2 Å². The average Bonchev–Trinajstić information content (AvgIpc) is 2.95. The third kappa shape index (κ3) is 2.66. The van der Waals surface area contributed by atoms with E-state index in [0.29, 0.717) is 32.7 Å². The zero-order valence-corrected chi connectivity index (χ0v) is 12.1. The Kier molecular flexibility index (Phi) is 3.68. The monoisotopic (exact) mass is 318 g/mol. The number of carbonyl (C=O) groups excluding carboxylic acids is 1. The summed E-state index contributed by atoms with van der Waals surface area (Å²) in [5.74, 6) is 0. The molecular weight excluding hydrogens is 311 g/mol. The van der Waals surface area contributed by atoms with E-state index in [4.69, 9.17) is 23.2 Å². The molecule has 0 saturated carbocycles. The summed E-state index contributed by atoms with van der Waals surface area (Å²) in [6.45, 7) is 0. The van der Waals surface area contributed by atoms with Crippen molar-refractivity contribution in [2.45, 2.75) is 0 Å². The molecule has 2 aromatic heterocycles. The highest BCUT2D eigenvalue weighted by Gasteiger charge is 2.13. The van der Waals surface area contributed by atoms with Gasteiger partial charge >= 0.3 is 0 Å². The molecule has 0 saturated heterocycles. The van der Waals surface area contributed by atoms with E-state index in [-0.39, 0.29) is 0 Å². The zero-order valence-electron chi connectivity index (χ0n) is 10.6. The van der Waals surface area contributed by atoms with Crippen LogP contribution in [0.5, 0.6) is 0 Å². The first-order valence-electron chi connectivity index (χ1n) is 5.95. The molecule has 21 heavy (non-hydrogen) atoms. The van der Waals surface area contributed by atoms with Crippen LogP contribution in [0.4, 0.5) is 0 Å². The van der Waals surface area contributed by atoms with Crippen molar-refractivity contribution in [3.8, 4) is 17.1 Å². The Labute approximate surface area is 130 Å². The summed E-state index contributed by atoms with van der Waals surface area (Å²) in [5.41, 5.74) is 2.10. The fourth-order valence-electron chi connectivity index (χ4n) is 1.85. The van der Waals surface area contributed by atoms with Crippen LogP contribution in [0.15, 0.2) is 43.0 Å². The van der Waals surface area contributed by atoms with Crippen LogP contribution in [0, 0.1) is 0 Å². The van der Waals surface area contributed by atoms with Crippen LogP contribution in [0.25, 0.3) is 17.1 Å². The third-order valence-corrected chi connectivity index (χ3v) is 3.58.